The van der Waals surface area contributed by atoms with Gasteiger partial charge >= 0.3 is 0 Å². The molecule has 0 bridgehead atoms. The Balaban J connectivity index is 3.94. The lowest BCUT2D eigenvalue weighted by Crippen LogP contribution is -3.19. The van der Waals surface area contributed by atoms with Crippen LogP contribution in [0.4, 0.5) is 0 Å². The summed E-state index contributed by atoms with van der Waals surface area (Å²) in [6.07, 6.45) is 1.27. The van der Waals surface area contributed by atoms with Gasteiger partial charge in [-0.1, -0.05) is 6.92 Å². The minimum atomic E-state index is 0.398. The van der Waals surface area contributed by atoms with Crippen LogP contribution in [0.25, 0.3) is 0 Å². The summed E-state index contributed by atoms with van der Waals surface area (Å²) < 4.78 is 0. The number of rotatable bonds is 2. The molecule has 0 radical (unpaired) electrons. The predicted molar refractivity (Wildman–Crippen MR) is 46.4 cm³/mol. The minimum Gasteiger partial charge on any atom is -0.331 e. The Morgan fingerprint density at radius 3 is 1.80 bits per heavy atom. The summed E-state index contributed by atoms with van der Waals surface area (Å²) in [5.41, 5.74) is 0.398. The summed E-state index contributed by atoms with van der Waals surface area (Å²) in [6, 6.07) is 0.778. The van der Waals surface area contributed by atoms with Crippen LogP contribution >= 0.6 is 0 Å². The summed E-state index contributed by atoms with van der Waals surface area (Å²) in [7, 11) is 2.27. The molecule has 0 aromatic carbocycles. The summed E-state index contributed by atoms with van der Waals surface area (Å²) in [5.74, 6) is 0. The van der Waals surface area contributed by atoms with Crippen LogP contribution in [0.15, 0.2) is 0 Å². The van der Waals surface area contributed by atoms with E-state index in [1.165, 1.54) is 6.42 Å². The highest BCUT2D eigenvalue weighted by Gasteiger charge is 2.24. The standard InChI is InChI=1S/C9H21N/c1-7-8(2)10(6)9(3,4)5/h8H,7H2,1-6H3/p+1. The lowest BCUT2D eigenvalue weighted by molar-refractivity contribution is -0.950. The van der Waals surface area contributed by atoms with Gasteiger partial charge in [-0.25, -0.2) is 0 Å². The van der Waals surface area contributed by atoms with Crippen LogP contribution in [0, 0.1) is 0 Å². The van der Waals surface area contributed by atoms with Gasteiger partial charge in [-0.05, 0) is 34.1 Å². The fourth-order valence-electron chi connectivity index (χ4n) is 1.05. The molecule has 10 heavy (non-hydrogen) atoms. The van der Waals surface area contributed by atoms with E-state index in [1.54, 1.807) is 4.90 Å². The number of nitrogens with one attached hydrogen (secondary N) is 1. The average molecular weight is 144 g/mol. The van der Waals surface area contributed by atoms with E-state index in [-0.39, 0.29) is 0 Å². The zero-order valence-electron chi connectivity index (χ0n) is 8.28. The highest BCUT2D eigenvalue weighted by atomic mass is 15.2. The summed E-state index contributed by atoms with van der Waals surface area (Å²) in [6.45, 7) is 11.4. The van der Waals surface area contributed by atoms with Gasteiger partial charge in [-0.2, -0.15) is 0 Å². The molecule has 0 fully saturated rings. The van der Waals surface area contributed by atoms with E-state index in [9.17, 15) is 0 Å². The molecule has 1 heteroatoms. The fraction of sp³-hybridized carbons (Fsp3) is 1.00. The van der Waals surface area contributed by atoms with E-state index < -0.39 is 0 Å². The highest BCUT2D eigenvalue weighted by Crippen LogP contribution is 1.94. The molecule has 0 aromatic rings. The molecule has 0 rings (SSSR count). The molecule has 2 atom stereocenters. The molecule has 0 spiro atoms. The van der Waals surface area contributed by atoms with Crippen LogP contribution in [0.3, 0.4) is 0 Å². The topological polar surface area (TPSA) is 4.44 Å². The first-order valence-corrected chi connectivity index (χ1v) is 4.23. The third-order valence-corrected chi connectivity index (χ3v) is 2.53. The summed E-state index contributed by atoms with van der Waals surface area (Å²) >= 11 is 0. The van der Waals surface area contributed by atoms with Crippen LogP contribution in [-0.2, 0) is 0 Å². The normalized spacial score (nSPS) is 18.6. The summed E-state index contributed by atoms with van der Waals surface area (Å²) in [4.78, 5) is 1.62. The van der Waals surface area contributed by atoms with Crippen molar-refractivity contribution < 1.29 is 4.90 Å². The van der Waals surface area contributed by atoms with E-state index in [0.29, 0.717) is 5.54 Å². The highest BCUT2D eigenvalue weighted by molar-refractivity contribution is 4.57. The smallest absolute Gasteiger partial charge is 0.0891 e. The SMILES string of the molecule is CCC(C)[NH+](C)C(C)(C)C. The van der Waals surface area contributed by atoms with Gasteiger partial charge in [0.05, 0.1) is 18.6 Å². The maximum atomic E-state index is 2.31. The lowest BCUT2D eigenvalue weighted by atomic mass is 10.0. The van der Waals surface area contributed by atoms with Crippen molar-refractivity contribution >= 4 is 0 Å². The Kier molecular flexibility index (Phi) is 3.37. The maximum Gasteiger partial charge on any atom is 0.0891 e. The molecule has 0 aromatic heterocycles. The maximum absolute atomic E-state index is 2.31. The van der Waals surface area contributed by atoms with Crippen LogP contribution in [0.2, 0.25) is 0 Å². The van der Waals surface area contributed by atoms with Crippen LogP contribution < -0.4 is 4.90 Å². The minimum absolute atomic E-state index is 0.398. The first-order valence-electron chi connectivity index (χ1n) is 4.23. The van der Waals surface area contributed by atoms with Crippen molar-refractivity contribution in [2.75, 3.05) is 7.05 Å². The second kappa shape index (κ2) is 3.38. The van der Waals surface area contributed by atoms with Gasteiger partial charge in [0.15, 0.2) is 0 Å². The van der Waals surface area contributed by atoms with E-state index in [0.717, 1.165) is 6.04 Å². The molecule has 0 amide bonds. The number of hydrogen-bond acceptors (Lipinski definition) is 0. The second-order valence-electron chi connectivity index (χ2n) is 4.24. The molecular weight excluding hydrogens is 122 g/mol. The van der Waals surface area contributed by atoms with Crippen molar-refractivity contribution in [1.82, 2.24) is 0 Å². The third-order valence-electron chi connectivity index (χ3n) is 2.53. The molecule has 0 saturated carbocycles. The van der Waals surface area contributed by atoms with Crippen molar-refractivity contribution in [3.05, 3.63) is 0 Å². The molecular formula is C9H22N+. The first-order chi connectivity index (χ1) is 4.39. The van der Waals surface area contributed by atoms with E-state index >= 15 is 0 Å². The van der Waals surface area contributed by atoms with Gasteiger partial charge in [0.25, 0.3) is 0 Å². The number of hydrogen-bond donors (Lipinski definition) is 1. The molecule has 2 unspecified atom stereocenters. The van der Waals surface area contributed by atoms with E-state index in [4.69, 9.17) is 0 Å². The molecule has 0 aliphatic carbocycles. The average Bonchev–Trinajstić information content (AvgIpc) is 1.83. The molecule has 0 aliphatic heterocycles. The Morgan fingerprint density at radius 1 is 1.30 bits per heavy atom. The first kappa shape index (κ1) is 9.96. The van der Waals surface area contributed by atoms with Crippen LogP contribution in [0.1, 0.15) is 41.0 Å². The Hall–Kier alpha value is -0.0400. The molecule has 1 nitrogen and oxygen atoms in total. The van der Waals surface area contributed by atoms with E-state index in [2.05, 4.69) is 41.7 Å². The predicted octanol–water partition coefficient (Wildman–Crippen LogP) is 1.10. The van der Waals surface area contributed by atoms with Gasteiger partial charge < -0.3 is 4.90 Å². The van der Waals surface area contributed by atoms with Crippen molar-refractivity contribution in [1.29, 1.82) is 0 Å². The van der Waals surface area contributed by atoms with Gasteiger partial charge in [-0.15, -0.1) is 0 Å². The van der Waals surface area contributed by atoms with Crippen LogP contribution in [-0.4, -0.2) is 18.6 Å². The molecule has 0 heterocycles. The lowest BCUT2D eigenvalue weighted by Gasteiger charge is -2.33. The van der Waals surface area contributed by atoms with Crippen molar-refractivity contribution in [2.45, 2.75) is 52.6 Å². The van der Waals surface area contributed by atoms with Crippen molar-refractivity contribution in [2.24, 2.45) is 0 Å². The Labute approximate surface area is 65.4 Å². The van der Waals surface area contributed by atoms with Gasteiger partial charge in [-0.3, -0.25) is 0 Å². The molecule has 0 saturated heterocycles. The molecule has 0 aliphatic rings. The van der Waals surface area contributed by atoms with E-state index in [1.807, 2.05) is 0 Å². The van der Waals surface area contributed by atoms with Crippen molar-refractivity contribution in [3.63, 3.8) is 0 Å². The van der Waals surface area contributed by atoms with Gasteiger partial charge in [0.2, 0.25) is 0 Å². The third kappa shape index (κ3) is 2.70. The summed E-state index contributed by atoms with van der Waals surface area (Å²) in [5, 5.41) is 0. The van der Waals surface area contributed by atoms with Crippen molar-refractivity contribution in [3.8, 4) is 0 Å². The quantitative estimate of drug-likeness (QED) is 0.592. The zero-order valence-corrected chi connectivity index (χ0v) is 8.28. The molecule has 1 N–H and O–H groups in total. The Bertz CT molecular complexity index is 91.4. The molecule has 62 valence electrons. The van der Waals surface area contributed by atoms with Crippen LogP contribution in [0.5, 0.6) is 0 Å². The number of quaternary nitrogens is 1. The second-order valence-corrected chi connectivity index (χ2v) is 4.24. The Morgan fingerprint density at radius 2 is 1.70 bits per heavy atom. The van der Waals surface area contributed by atoms with Gasteiger partial charge in [0.1, 0.15) is 0 Å². The zero-order chi connectivity index (χ0) is 8.36. The monoisotopic (exact) mass is 144 g/mol. The fourth-order valence-corrected chi connectivity index (χ4v) is 1.05. The van der Waals surface area contributed by atoms with Gasteiger partial charge in [0, 0.05) is 0 Å². The largest absolute Gasteiger partial charge is 0.331 e.